The molecular formula is C6H16F2O6P2. The second-order valence-electron chi connectivity index (χ2n) is 3.21. The van der Waals surface area contributed by atoms with E-state index in [9.17, 15) is 13.0 Å². The molecule has 0 saturated carbocycles. The van der Waals surface area contributed by atoms with Crippen molar-refractivity contribution < 1.29 is 36.4 Å². The van der Waals surface area contributed by atoms with E-state index >= 15 is 0 Å². The van der Waals surface area contributed by atoms with Crippen molar-refractivity contribution in [1.29, 1.82) is 0 Å². The maximum Gasteiger partial charge on any atom is 0.513 e. The first-order chi connectivity index (χ1) is 6.83. The lowest BCUT2D eigenvalue weighted by atomic mass is 10.5. The molecule has 0 heterocycles. The fourth-order valence-corrected chi connectivity index (χ4v) is 1.59. The van der Waals surface area contributed by atoms with E-state index in [0.29, 0.717) is 0 Å². The quantitative estimate of drug-likeness (QED) is 0.771. The van der Waals surface area contributed by atoms with Crippen LogP contribution in [0, 0.1) is 0 Å². The molecule has 10 heteroatoms. The zero-order valence-electron chi connectivity index (χ0n) is 9.33. The van der Waals surface area contributed by atoms with Crippen LogP contribution in [0.4, 0.5) is 8.39 Å². The van der Waals surface area contributed by atoms with Gasteiger partial charge in [-0.05, 0) is 27.7 Å². The summed E-state index contributed by atoms with van der Waals surface area (Å²) in [6.07, 6.45) is -0.853. The second kappa shape index (κ2) is 7.48. The SMILES string of the molecule is CC(C)OP(=O)(F)OC(C)C.O=P(O)(O)F. The molecule has 0 bridgehead atoms. The minimum Gasteiger partial charge on any atom is -0.299 e. The largest absolute Gasteiger partial charge is 0.513 e. The van der Waals surface area contributed by atoms with Crippen molar-refractivity contribution in [2.24, 2.45) is 0 Å². The Morgan fingerprint density at radius 3 is 1.25 bits per heavy atom. The van der Waals surface area contributed by atoms with Crippen LogP contribution in [0.2, 0.25) is 0 Å². The van der Waals surface area contributed by atoms with Crippen molar-refractivity contribution in [3.8, 4) is 0 Å². The summed E-state index contributed by atoms with van der Waals surface area (Å²) in [6.45, 7) is 6.37. The van der Waals surface area contributed by atoms with E-state index in [0.717, 1.165) is 0 Å². The fraction of sp³-hybridized carbons (Fsp3) is 1.00. The van der Waals surface area contributed by atoms with Gasteiger partial charge in [-0.3, -0.25) is 18.8 Å². The first-order valence-corrected chi connectivity index (χ1v) is 7.19. The number of hydrogen-bond donors (Lipinski definition) is 2. The molecule has 0 aliphatic heterocycles. The van der Waals surface area contributed by atoms with E-state index in [1.54, 1.807) is 27.7 Å². The van der Waals surface area contributed by atoms with Crippen LogP contribution in [0.3, 0.4) is 0 Å². The van der Waals surface area contributed by atoms with Crippen molar-refractivity contribution in [2.75, 3.05) is 0 Å². The molecule has 0 radical (unpaired) electrons. The molecule has 0 aromatic rings. The van der Waals surface area contributed by atoms with Gasteiger partial charge in [-0.1, -0.05) is 0 Å². The molecule has 6 nitrogen and oxygen atoms in total. The van der Waals surface area contributed by atoms with Gasteiger partial charge in [0.25, 0.3) is 0 Å². The summed E-state index contributed by atoms with van der Waals surface area (Å²) in [5.74, 6) is 0. The van der Waals surface area contributed by atoms with E-state index in [4.69, 9.17) is 14.4 Å². The third kappa shape index (κ3) is 23.8. The average Bonchev–Trinajstić information content (AvgIpc) is 1.72. The molecule has 0 atom stereocenters. The molecule has 0 aromatic carbocycles. The van der Waals surface area contributed by atoms with E-state index in [1.165, 1.54) is 0 Å². The lowest BCUT2D eigenvalue weighted by Gasteiger charge is -2.14. The standard InChI is InChI=1S/C6H14FO3P.FH2O3P/c1-5(2)9-11(7,8)10-6(3)4;1-5(2,3)4/h5-6H,1-4H3;(H2,2,3,4). The minimum atomic E-state index is -5.14. The Kier molecular flexibility index (Phi) is 8.66. The topological polar surface area (TPSA) is 93.1 Å². The van der Waals surface area contributed by atoms with Crippen LogP contribution in [0.1, 0.15) is 27.7 Å². The molecule has 16 heavy (non-hydrogen) atoms. The first-order valence-electron chi connectivity index (χ1n) is 4.25. The maximum absolute atomic E-state index is 12.7. The minimum absolute atomic E-state index is 0.426. The van der Waals surface area contributed by atoms with Gasteiger partial charge in [-0.25, -0.2) is 9.13 Å². The van der Waals surface area contributed by atoms with Gasteiger partial charge in [-0.15, -0.1) is 8.39 Å². The van der Waals surface area contributed by atoms with Gasteiger partial charge in [-0.2, -0.15) is 0 Å². The first kappa shape index (κ1) is 18.5. The van der Waals surface area contributed by atoms with Crippen molar-refractivity contribution in [2.45, 2.75) is 39.9 Å². The van der Waals surface area contributed by atoms with Crippen molar-refractivity contribution in [3.63, 3.8) is 0 Å². The van der Waals surface area contributed by atoms with E-state index in [-0.39, 0.29) is 0 Å². The molecule has 0 aromatic heterocycles. The summed E-state index contributed by atoms with van der Waals surface area (Å²) in [5.41, 5.74) is 0. The zero-order valence-corrected chi connectivity index (χ0v) is 11.1. The lowest BCUT2D eigenvalue weighted by Crippen LogP contribution is -2.04. The van der Waals surface area contributed by atoms with Crippen LogP contribution in [0.5, 0.6) is 0 Å². The highest BCUT2D eigenvalue weighted by molar-refractivity contribution is 7.48. The van der Waals surface area contributed by atoms with Crippen molar-refractivity contribution in [1.82, 2.24) is 0 Å². The third-order valence-corrected chi connectivity index (χ3v) is 2.02. The average molecular weight is 284 g/mol. The summed E-state index contributed by atoms with van der Waals surface area (Å²) in [4.78, 5) is 13.9. The second-order valence-corrected chi connectivity index (χ2v) is 5.44. The predicted octanol–water partition coefficient (Wildman–Crippen LogP) is 2.96. The van der Waals surface area contributed by atoms with Crippen LogP contribution in [-0.2, 0) is 18.2 Å². The Balaban J connectivity index is 0. The highest BCUT2D eigenvalue weighted by Crippen LogP contribution is 2.51. The Hall–Kier alpha value is 0.160. The number of halogens is 2. The highest BCUT2D eigenvalue weighted by atomic mass is 31.2. The monoisotopic (exact) mass is 284 g/mol. The molecule has 0 rings (SSSR count). The van der Waals surface area contributed by atoms with Crippen LogP contribution < -0.4 is 0 Å². The van der Waals surface area contributed by atoms with E-state index in [1.807, 2.05) is 0 Å². The molecule has 0 unspecified atom stereocenters. The maximum atomic E-state index is 12.7. The van der Waals surface area contributed by atoms with Gasteiger partial charge in [0.1, 0.15) is 0 Å². The van der Waals surface area contributed by atoms with Crippen molar-refractivity contribution >= 4 is 15.8 Å². The van der Waals surface area contributed by atoms with Crippen molar-refractivity contribution in [3.05, 3.63) is 0 Å². The van der Waals surface area contributed by atoms with Crippen LogP contribution in [-0.4, -0.2) is 22.0 Å². The van der Waals surface area contributed by atoms with Crippen LogP contribution in [0.15, 0.2) is 0 Å². The summed E-state index contributed by atoms with van der Waals surface area (Å²) < 4.78 is 51.3. The molecule has 0 amide bonds. The van der Waals surface area contributed by atoms with Gasteiger partial charge in [0.05, 0.1) is 12.2 Å². The molecular weight excluding hydrogens is 268 g/mol. The fourth-order valence-electron chi connectivity index (χ4n) is 0.528. The Morgan fingerprint density at radius 1 is 0.938 bits per heavy atom. The Labute approximate surface area is 92.9 Å². The molecule has 0 fully saturated rings. The van der Waals surface area contributed by atoms with Crippen LogP contribution >= 0.6 is 15.8 Å². The zero-order chi connectivity index (χ0) is 13.6. The molecule has 0 spiro atoms. The third-order valence-electron chi connectivity index (χ3n) is 0.673. The summed E-state index contributed by atoms with van der Waals surface area (Å²) >= 11 is 0. The normalized spacial score (nSPS) is 12.6. The van der Waals surface area contributed by atoms with Gasteiger partial charge >= 0.3 is 15.8 Å². The van der Waals surface area contributed by atoms with Gasteiger partial charge in [0.15, 0.2) is 0 Å². The molecule has 0 aliphatic carbocycles. The summed E-state index contributed by atoms with van der Waals surface area (Å²) in [7, 11) is -9.44. The number of rotatable bonds is 4. The van der Waals surface area contributed by atoms with Gasteiger partial charge in [0.2, 0.25) is 0 Å². The van der Waals surface area contributed by atoms with Gasteiger partial charge < -0.3 is 0 Å². The molecule has 2 N–H and O–H groups in total. The highest BCUT2D eigenvalue weighted by Gasteiger charge is 2.26. The van der Waals surface area contributed by atoms with Gasteiger partial charge in [0, 0.05) is 0 Å². The summed E-state index contributed by atoms with van der Waals surface area (Å²) in [6, 6.07) is 0. The van der Waals surface area contributed by atoms with E-state index in [2.05, 4.69) is 9.05 Å². The lowest BCUT2D eigenvalue weighted by molar-refractivity contribution is 0.118. The number of hydrogen-bond acceptors (Lipinski definition) is 4. The summed E-state index contributed by atoms with van der Waals surface area (Å²) in [5, 5.41) is 0. The smallest absolute Gasteiger partial charge is 0.299 e. The predicted molar refractivity (Wildman–Crippen MR) is 54.3 cm³/mol. The Morgan fingerprint density at radius 2 is 1.12 bits per heavy atom. The molecule has 100 valence electrons. The Bertz CT molecular complexity index is 254. The van der Waals surface area contributed by atoms with Crippen LogP contribution in [0.25, 0.3) is 0 Å². The molecule has 0 saturated heterocycles. The molecule has 0 aliphatic rings. The van der Waals surface area contributed by atoms with E-state index < -0.39 is 28.0 Å².